The molecule has 5 nitrogen and oxygen atoms in total. The molecule has 1 aliphatic heterocycles. The van der Waals surface area contributed by atoms with E-state index in [0.717, 1.165) is 30.3 Å². The van der Waals surface area contributed by atoms with E-state index in [9.17, 15) is 9.90 Å². The molecule has 1 atom stereocenters. The fourth-order valence-electron chi connectivity index (χ4n) is 2.54. The lowest BCUT2D eigenvalue weighted by molar-refractivity contribution is -0.142. The van der Waals surface area contributed by atoms with Gasteiger partial charge in [0.15, 0.2) is 0 Å². The molecule has 1 unspecified atom stereocenters. The summed E-state index contributed by atoms with van der Waals surface area (Å²) < 4.78 is 4.14. The van der Waals surface area contributed by atoms with Crippen molar-refractivity contribution in [1.29, 1.82) is 0 Å². The molecule has 0 radical (unpaired) electrons. The van der Waals surface area contributed by atoms with Crippen LogP contribution in [0.1, 0.15) is 18.7 Å². The van der Waals surface area contributed by atoms with Crippen LogP contribution in [-0.4, -0.2) is 33.5 Å². The van der Waals surface area contributed by atoms with Gasteiger partial charge < -0.3 is 10.0 Å². The van der Waals surface area contributed by atoms with E-state index >= 15 is 0 Å². The molecule has 3 rings (SSSR count). The molecule has 2 heterocycles. The van der Waals surface area contributed by atoms with Crippen molar-refractivity contribution in [2.24, 2.45) is 11.3 Å². The zero-order valence-electron chi connectivity index (χ0n) is 9.01. The zero-order valence-corrected chi connectivity index (χ0v) is 9.83. The highest BCUT2D eigenvalue weighted by atomic mass is 32.1. The first-order valence-electron chi connectivity index (χ1n) is 5.39. The van der Waals surface area contributed by atoms with Crippen LogP contribution in [-0.2, 0) is 4.79 Å². The lowest BCUT2D eigenvalue weighted by Gasteiger charge is -2.12. The molecule has 0 bridgehead atoms. The summed E-state index contributed by atoms with van der Waals surface area (Å²) in [6.45, 7) is 3.28. The highest BCUT2D eigenvalue weighted by Crippen LogP contribution is 2.56. The van der Waals surface area contributed by atoms with Crippen LogP contribution in [0.2, 0.25) is 0 Å². The number of carboxylic acid groups (broad SMARTS) is 1. The predicted octanol–water partition coefficient (Wildman–Crippen LogP) is 1.15. The topological polar surface area (TPSA) is 66.3 Å². The number of hydrogen-bond donors (Lipinski definition) is 1. The summed E-state index contributed by atoms with van der Waals surface area (Å²) in [4.78, 5) is 17.6. The van der Waals surface area contributed by atoms with Crippen LogP contribution < -0.4 is 4.90 Å². The Morgan fingerprint density at radius 3 is 2.81 bits per heavy atom. The summed E-state index contributed by atoms with van der Waals surface area (Å²) >= 11 is 1.36. The van der Waals surface area contributed by atoms with Gasteiger partial charge in [-0.1, -0.05) is 0 Å². The van der Waals surface area contributed by atoms with Gasteiger partial charge in [-0.15, -0.1) is 0 Å². The van der Waals surface area contributed by atoms with Gasteiger partial charge in [0.1, 0.15) is 5.82 Å². The third kappa shape index (κ3) is 1.40. The molecule has 1 aromatic heterocycles. The highest BCUT2D eigenvalue weighted by molar-refractivity contribution is 7.09. The van der Waals surface area contributed by atoms with E-state index in [1.807, 2.05) is 6.92 Å². The first kappa shape index (κ1) is 10.0. The summed E-state index contributed by atoms with van der Waals surface area (Å²) in [5, 5.41) is 10.1. The van der Waals surface area contributed by atoms with Crippen molar-refractivity contribution in [3.63, 3.8) is 0 Å². The SMILES string of the molecule is Cc1nsc(N2CC(C(=O)O)C3(CC3)C2)n1. The van der Waals surface area contributed by atoms with Crippen LogP contribution in [0.3, 0.4) is 0 Å². The van der Waals surface area contributed by atoms with Gasteiger partial charge in [0.2, 0.25) is 5.13 Å². The van der Waals surface area contributed by atoms with Crippen molar-refractivity contribution in [2.75, 3.05) is 18.0 Å². The van der Waals surface area contributed by atoms with Crippen molar-refractivity contribution in [2.45, 2.75) is 19.8 Å². The quantitative estimate of drug-likeness (QED) is 0.838. The van der Waals surface area contributed by atoms with Gasteiger partial charge in [0, 0.05) is 30.0 Å². The van der Waals surface area contributed by atoms with Gasteiger partial charge in [-0.3, -0.25) is 4.79 Å². The number of anilines is 1. The molecule has 1 saturated heterocycles. The normalized spacial score (nSPS) is 26.3. The second-order valence-electron chi connectivity index (χ2n) is 4.76. The smallest absolute Gasteiger partial charge is 0.308 e. The molecule has 16 heavy (non-hydrogen) atoms. The van der Waals surface area contributed by atoms with E-state index < -0.39 is 5.97 Å². The molecule has 1 saturated carbocycles. The third-order valence-corrected chi connectivity index (χ3v) is 4.49. The third-order valence-electron chi connectivity index (χ3n) is 3.63. The predicted molar refractivity (Wildman–Crippen MR) is 59.7 cm³/mol. The summed E-state index contributed by atoms with van der Waals surface area (Å²) in [6.07, 6.45) is 2.08. The van der Waals surface area contributed by atoms with Crippen molar-refractivity contribution in [3.05, 3.63) is 5.82 Å². The fraction of sp³-hybridized carbons (Fsp3) is 0.700. The van der Waals surface area contributed by atoms with Gasteiger partial charge in [0.25, 0.3) is 0 Å². The molecule has 0 aromatic carbocycles. The molecule has 1 spiro atoms. The van der Waals surface area contributed by atoms with Crippen LogP contribution in [0, 0.1) is 18.3 Å². The number of aryl methyl sites for hydroxylation is 1. The summed E-state index contributed by atoms with van der Waals surface area (Å²) in [7, 11) is 0. The monoisotopic (exact) mass is 239 g/mol. The minimum atomic E-state index is -0.666. The number of nitrogens with zero attached hydrogens (tertiary/aromatic N) is 3. The van der Waals surface area contributed by atoms with Crippen LogP contribution in [0.5, 0.6) is 0 Å². The molecule has 0 amide bonds. The van der Waals surface area contributed by atoms with Crippen molar-refractivity contribution in [3.8, 4) is 0 Å². The Morgan fingerprint density at radius 1 is 1.62 bits per heavy atom. The minimum absolute atomic E-state index is 0.0331. The minimum Gasteiger partial charge on any atom is -0.481 e. The number of aliphatic carboxylic acids is 1. The van der Waals surface area contributed by atoms with Gasteiger partial charge in [-0.25, -0.2) is 4.98 Å². The second kappa shape index (κ2) is 3.16. The average molecular weight is 239 g/mol. The molecule has 1 aliphatic carbocycles. The Morgan fingerprint density at radius 2 is 2.38 bits per heavy atom. The number of carbonyl (C=O) groups is 1. The molecule has 2 fully saturated rings. The summed E-state index contributed by atoms with van der Waals surface area (Å²) in [5.41, 5.74) is 0.0331. The first-order valence-corrected chi connectivity index (χ1v) is 6.16. The lowest BCUT2D eigenvalue weighted by atomic mass is 9.93. The zero-order chi connectivity index (χ0) is 11.3. The molecular weight excluding hydrogens is 226 g/mol. The maximum atomic E-state index is 11.2. The van der Waals surface area contributed by atoms with E-state index in [4.69, 9.17) is 0 Å². The van der Waals surface area contributed by atoms with Gasteiger partial charge in [0.05, 0.1) is 5.92 Å². The Balaban J connectivity index is 1.84. The van der Waals surface area contributed by atoms with Crippen molar-refractivity contribution < 1.29 is 9.90 Å². The van der Waals surface area contributed by atoms with E-state index in [1.165, 1.54) is 11.5 Å². The Kier molecular flexibility index (Phi) is 1.98. The number of carboxylic acids is 1. The van der Waals surface area contributed by atoms with Crippen LogP contribution in [0.15, 0.2) is 0 Å². The maximum Gasteiger partial charge on any atom is 0.308 e. The van der Waals surface area contributed by atoms with Crippen LogP contribution in [0.4, 0.5) is 5.13 Å². The van der Waals surface area contributed by atoms with Crippen LogP contribution in [0.25, 0.3) is 0 Å². The second-order valence-corrected chi connectivity index (χ2v) is 5.49. The highest BCUT2D eigenvalue weighted by Gasteiger charge is 2.58. The average Bonchev–Trinajstić information content (AvgIpc) is 2.69. The standard InChI is InChI=1S/C10H13N3O2S/c1-6-11-9(16-12-6)13-4-7(8(14)15)10(5-13)2-3-10/h7H,2-5H2,1H3,(H,14,15). The summed E-state index contributed by atoms with van der Waals surface area (Å²) in [5.74, 6) is -0.124. The molecule has 6 heteroatoms. The van der Waals surface area contributed by atoms with E-state index in [1.54, 1.807) is 0 Å². The molecule has 86 valence electrons. The van der Waals surface area contributed by atoms with E-state index in [-0.39, 0.29) is 11.3 Å². The largest absolute Gasteiger partial charge is 0.481 e. The van der Waals surface area contributed by atoms with Gasteiger partial charge in [-0.2, -0.15) is 4.37 Å². The molecular formula is C10H13N3O2S. The van der Waals surface area contributed by atoms with Gasteiger partial charge >= 0.3 is 5.97 Å². The Hall–Kier alpha value is -1.17. The summed E-state index contributed by atoms with van der Waals surface area (Å²) in [6, 6.07) is 0. The van der Waals surface area contributed by atoms with E-state index in [2.05, 4.69) is 14.3 Å². The maximum absolute atomic E-state index is 11.2. The Bertz CT molecular complexity index is 441. The molecule has 2 aliphatic rings. The molecule has 1 aromatic rings. The van der Waals surface area contributed by atoms with E-state index in [0.29, 0.717) is 6.54 Å². The van der Waals surface area contributed by atoms with Crippen LogP contribution >= 0.6 is 11.5 Å². The Labute approximate surface area is 97.3 Å². The first-order chi connectivity index (χ1) is 7.61. The number of hydrogen-bond acceptors (Lipinski definition) is 5. The molecule has 1 N–H and O–H groups in total. The van der Waals surface area contributed by atoms with Crippen molar-refractivity contribution >= 4 is 22.6 Å². The number of rotatable bonds is 2. The number of aromatic nitrogens is 2. The lowest BCUT2D eigenvalue weighted by Crippen LogP contribution is -2.23. The fourth-order valence-corrected chi connectivity index (χ4v) is 3.22. The van der Waals surface area contributed by atoms with Gasteiger partial charge in [-0.05, 0) is 19.8 Å². The van der Waals surface area contributed by atoms with Crippen molar-refractivity contribution in [1.82, 2.24) is 9.36 Å².